The van der Waals surface area contributed by atoms with Crippen LogP contribution in [0.3, 0.4) is 0 Å². The average molecular weight is 410 g/mol. The van der Waals surface area contributed by atoms with Crippen LogP contribution < -0.4 is 5.32 Å². The molecule has 3 atom stereocenters. The van der Waals surface area contributed by atoms with Gasteiger partial charge in [0.1, 0.15) is 5.82 Å². The molecule has 2 fully saturated rings. The fraction of sp³-hybridized carbons (Fsp3) is 0.417. The van der Waals surface area contributed by atoms with Crippen LogP contribution in [0, 0.1) is 17.7 Å². The number of carbonyl (C=O) groups is 2. The van der Waals surface area contributed by atoms with Crippen LogP contribution in [0.2, 0.25) is 0 Å². The Balaban J connectivity index is 1.51. The molecule has 1 amide bonds. The summed E-state index contributed by atoms with van der Waals surface area (Å²) >= 11 is 0. The minimum atomic E-state index is -0.455. The third-order valence-electron chi connectivity index (χ3n) is 5.95. The minimum absolute atomic E-state index is 0.00371. The standard InChI is InChI=1S/C24H27FN2O3/c25-19-10-8-18(9-11-19)23(28)21-14-27(13-17-5-2-1-3-6-17)15-22(21)24(29)26-20-7-4-12-30-16-20/h1-3,5-6,8-11,20-22H,4,7,12-16H2,(H,26,29)/t20-,21-,22-/m1/s1. The highest BCUT2D eigenvalue weighted by atomic mass is 19.1. The first-order valence-corrected chi connectivity index (χ1v) is 10.5. The van der Waals surface area contributed by atoms with Crippen molar-refractivity contribution >= 4 is 11.7 Å². The average Bonchev–Trinajstić information content (AvgIpc) is 3.19. The number of ketones is 1. The van der Waals surface area contributed by atoms with Gasteiger partial charge in [0, 0.05) is 37.7 Å². The van der Waals surface area contributed by atoms with Gasteiger partial charge in [0.2, 0.25) is 5.91 Å². The van der Waals surface area contributed by atoms with E-state index in [1.165, 1.54) is 24.3 Å². The maximum absolute atomic E-state index is 13.3. The summed E-state index contributed by atoms with van der Waals surface area (Å²) in [7, 11) is 0. The van der Waals surface area contributed by atoms with E-state index >= 15 is 0 Å². The predicted octanol–water partition coefficient (Wildman–Crippen LogP) is 3.05. The molecule has 0 aromatic heterocycles. The second-order valence-electron chi connectivity index (χ2n) is 8.19. The molecule has 4 rings (SSSR count). The maximum atomic E-state index is 13.3. The quantitative estimate of drug-likeness (QED) is 0.744. The van der Waals surface area contributed by atoms with E-state index in [-0.39, 0.29) is 23.5 Å². The molecule has 5 nitrogen and oxygen atoms in total. The van der Waals surface area contributed by atoms with E-state index in [0.29, 0.717) is 31.8 Å². The highest BCUT2D eigenvalue weighted by Crippen LogP contribution is 2.29. The highest BCUT2D eigenvalue weighted by molar-refractivity contribution is 6.01. The van der Waals surface area contributed by atoms with E-state index < -0.39 is 11.8 Å². The van der Waals surface area contributed by atoms with Crippen LogP contribution in [0.15, 0.2) is 54.6 Å². The van der Waals surface area contributed by atoms with Crippen LogP contribution in [-0.4, -0.2) is 48.9 Å². The summed E-state index contributed by atoms with van der Waals surface area (Å²) in [5, 5.41) is 3.09. The van der Waals surface area contributed by atoms with Crippen molar-refractivity contribution in [3.63, 3.8) is 0 Å². The van der Waals surface area contributed by atoms with Crippen molar-refractivity contribution in [1.82, 2.24) is 10.2 Å². The number of likely N-dealkylation sites (tertiary alicyclic amines) is 1. The van der Waals surface area contributed by atoms with Crippen molar-refractivity contribution in [1.29, 1.82) is 0 Å². The second-order valence-corrected chi connectivity index (χ2v) is 8.19. The lowest BCUT2D eigenvalue weighted by Crippen LogP contribution is -2.46. The van der Waals surface area contributed by atoms with Gasteiger partial charge < -0.3 is 10.1 Å². The summed E-state index contributed by atoms with van der Waals surface area (Å²) in [5.41, 5.74) is 1.59. The van der Waals surface area contributed by atoms with Gasteiger partial charge in [-0.3, -0.25) is 14.5 Å². The second kappa shape index (κ2) is 9.49. The molecule has 0 bridgehead atoms. The smallest absolute Gasteiger partial charge is 0.225 e. The molecule has 0 aliphatic carbocycles. The Hall–Kier alpha value is -2.57. The zero-order valence-corrected chi connectivity index (χ0v) is 16.9. The Morgan fingerprint density at radius 1 is 1.03 bits per heavy atom. The van der Waals surface area contributed by atoms with Crippen molar-refractivity contribution in [2.75, 3.05) is 26.3 Å². The number of Topliss-reactive ketones (excluding diaryl/α,β-unsaturated/α-hetero) is 1. The molecule has 0 radical (unpaired) electrons. The van der Waals surface area contributed by atoms with Gasteiger partial charge in [0.15, 0.2) is 5.78 Å². The number of carbonyl (C=O) groups excluding carboxylic acids is 2. The molecule has 30 heavy (non-hydrogen) atoms. The van der Waals surface area contributed by atoms with Gasteiger partial charge in [-0.05, 0) is 42.7 Å². The highest BCUT2D eigenvalue weighted by Gasteiger charge is 2.42. The fourth-order valence-corrected chi connectivity index (χ4v) is 4.38. The van der Waals surface area contributed by atoms with E-state index in [1.807, 2.05) is 30.3 Å². The zero-order chi connectivity index (χ0) is 20.9. The third-order valence-corrected chi connectivity index (χ3v) is 5.95. The Bertz CT molecular complexity index is 866. The topological polar surface area (TPSA) is 58.6 Å². The molecule has 0 spiro atoms. The van der Waals surface area contributed by atoms with Gasteiger partial charge in [0.05, 0.1) is 18.6 Å². The minimum Gasteiger partial charge on any atom is -0.379 e. The molecule has 0 saturated carbocycles. The SMILES string of the molecule is O=C(N[C@@H]1CCCOC1)[C@@H]1CN(Cc2ccccc2)C[C@H]1C(=O)c1ccc(F)cc1. The van der Waals surface area contributed by atoms with Crippen molar-refractivity contribution in [2.24, 2.45) is 11.8 Å². The van der Waals surface area contributed by atoms with Crippen LogP contribution in [0.25, 0.3) is 0 Å². The number of nitrogens with zero attached hydrogens (tertiary/aromatic N) is 1. The summed E-state index contributed by atoms with van der Waals surface area (Å²) in [4.78, 5) is 28.5. The van der Waals surface area contributed by atoms with Crippen LogP contribution in [0.1, 0.15) is 28.8 Å². The largest absolute Gasteiger partial charge is 0.379 e. The van der Waals surface area contributed by atoms with E-state index in [0.717, 1.165) is 25.0 Å². The number of rotatable bonds is 6. The van der Waals surface area contributed by atoms with Crippen LogP contribution in [0.5, 0.6) is 0 Å². The van der Waals surface area contributed by atoms with Crippen molar-refractivity contribution in [2.45, 2.75) is 25.4 Å². The lowest BCUT2D eigenvalue weighted by molar-refractivity contribution is -0.127. The van der Waals surface area contributed by atoms with Crippen LogP contribution in [0.4, 0.5) is 4.39 Å². The fourth-order valence-electron chi connectivity index (χ4n) is 4.38. The van der Waals surface area contributed by atoms with Crippen molar-refractivity contribution in [3.05, 3.63) is 71.5 Å². The summed E-state index contributed by atoms with van der Waals surface area (Å²) in [6.45, 7) is 2.95. The molecular weight excluding hydrogens is 383 g/mol. The lowest BCUT2D eigenvalue weighted by Gasteiger charge is -2.26. The number of halogens is 1. The number of nitrogens with one attached hydrogen (secondary N) is 1. The molecule has 2 heterocycles. The van der Waals surface area contributed by atoms with Gasteiger partial charge in [-0.1, -0.05) is 30.3 Å². The maximum Gasteiger partial charge on any atom is 0.225 e. The lowest BCUT2D eigenvalue weighted by atomic mass is 9.87. The Kier molecular flexibility index (Phi) is 6.55. The summed E-state index contributed by atoms with van der Waals surface area (Å²) in [5.74, 6) is -1.47. The van der Waals surface area contributed by atoms with Crippen LogP contribution >= 0.6 is 0 Å². The van der Waals surface area contributed by atoms with Gasteiger partial charge in [0.25, 0.3) is 0 Å². The predicted molar refractivity (Wildman–Crippen MR) is 111 cm³/mol. The van der Waals surface area contributed by atoms with Gasteiger partial charge >= 0.3 is 0 Å². The molecule has 2 aromatic carbocycles. The number of hydrogen-bond acceptors (Lipinski definition) is 4. The molecule has 2 aromatic rings. The van der Waals surface area contributed by atoms with Gasteiger partial charge in [-0.2, -0.15) is 0 Å². The van der Waals surface area contributed by atoms with E-state index in [4.69, 9.17) is 4.74 Å². The molecule has 6 heteroatoms. The monoisotopic (exact) mass is 410 g/mol. The van der Waals surface area contributed by atoms with Crippen molar-refractivity contribution < 1.29 is 18.7 Å². The Morgan fingerprint density at radius 3 is 2.47 bits per heavy atom. The molecule has 0 unspecified atom stereocenters. The van der Waals surface area contributed by atoms with Crippen molar-refractivity contribution in [3.8, 4) is 0 Å². The summed E-state index contributed by atoms with van der Waals surface area (Å²) in [6.07, 6.45) is 1.82. The first-order chi connectivity index (χ1) is 14.6. The first kappa shape index (κ1) is 20.7. The zero-order valence-electron chi connectivity index (χ0n) is 16.9. The third kappa shape index (κ3) is 4.94. The molecule has 2 aliphatic rings. The number of ether oxygens (including phenoxy) is 1. The number of hydrogen-bond donors (Lipinski definition) is 1. The van der Waals surface area contributed by atoms with Gasteiger partial charge in [-0.25, -0.2) is 4.39 Å². The van der Waals surface area contributed by atoms with E-state index in [9.17, 15) is 14.0 Å². The molecule has 1 N–H and O–H groups in total. The molecular formula is C24H27FN2O3. The normalized spacial score (nSPS) is 24.5. The summed E-state index contributed by atoms with van der Waals surface area (Å²) in [6, 6.07) is 15.6. The van der Waals surface area contributed by atoms with Crippen LogP contribution in [-0.2, 0) is 16.1 Å². The van der Waals surface area contributed by atoms with E-state index in [1.54, 1.807) is 0 Å². The first-order valence-electron chi connectivity index (χ1n) is 10.5. The Morgan fingerprint density at radius 2 is 1.77 bits per heavy atom. The number of amides is 1. The molecule has 2 aliphatic heterocycles. The molecule has 158 valence electrons. The summed E-state index contributed by atoms with van der Waals surface area (Å²) < 4.78 is 18.8. The Labute approximate surface area is 176 Å². The number of benzene rings is 2. The van der Waals surface area contributed by atoms with Gasteiger partial charge in [-0.15, -0.1) is 0 Å². The van der Waals surface area contributed by atoms with E-state index in [2.05, 4.69) is 10.2 Å². The molecule has 2 saturated heterocycles.